The summed E-state index contributed by atoms with van der Waals surface area (Å²) in [4.78, 5) is 13.3. The Morgan fingerprint density at radius 2 is 2.06 bits per heavy atom. The van der Waals surface area contributed by atoms with Crippen molar-refractivity contribution < 1.29 is 13.9 Å². The van der Waals surface area contributed by atoms with E-state index in [2.05, 4.69) is 10.2 Å². The van der Waals surface area contributed by atoms with Gasteiger partial charge >= 0.3 is 5.97 Å². The number of hydrogen-bond acceptors (Lipinski definition) is 4. The number of nitrogens with zero attached hydrogens (tertiary/aromatic N) is 1. The average molecular weight is 236 g/mol. The zero-order valence-electron chi connectivity index (χ0n) is 9.33. The third-order valence-corrected chi connectivity index (χ3v) is 3.12. The molecule has 1 N–H and O–H groups in total. The van der Waals surface area contributed by atoms with Crippen molar-refractivity contribution in [2.75, 3.05) is 31.1 Å². The Labute approximate surface area is 98.4 Å². The van der Waals surface area contributed by atoms with Gasteiger partial charge in [0.15, 0.2) is 5.75 Å². The summed E-state index contributed by atoms with van der Waals surface area (Å²) in [5, 5.41) is 3.23. The van der Waals surface area contributed by atoms with Crippen LogP contribution < -0.4 is 15.0 Å². The normalized spacial score (nSPS) is 19.1. The molecule has 2 aliphatic rings. The third kappa shape index (κ3) is 1.86. The monoisotopic (exact) mass is 236 g/mol. The number of nitrogens with one attached hydrogen (secondary N) is 1. The SMILES string of the molecule is O=C1Cc2cc(F)cc(N3CCNCC3)c2O1. The largest absolute Gasteiger partial charge is 0.424 e. The quantitative estimate of drug-likeness (QED) is 0.575. The lowest BCUT2D eigenvalue weighted by atomic mass is 10.1. The summed E-state index contributed by atoms with van der Waals surface area (Å²) in [5.41, 5.74) is 1.36. The molecule has 0 amide bonds. The van der Waals surface area contributed by atoms with Crippen LogP contribution >= 0.6 is 0 Å². The third-order valence-electron chi connectivity index (χ3n) is 3.12. The van der Waals surface area contributed by atoms with Crippen LogP contribution in [0.3, 0.4) is 0 Å². The van der Waals surface area contributed by atoms with Gasteiger partial charge in [0.25, 0.3) is 0 Å². The van der Waals surface area contributed by atoms with E-state index in [-0.39, 0.29) is 18.2 Å². The second kappa shape index (κ2) is 4.00. The molecule has 17 heavy (non-hydrogen) atoms. The molecule has 4 nitrogen and oxygen atoms in total. The lowest BCUT2D eigenvalue weighted by Gasteiger charge is -2.30. The van der Waals surface area contributed by atoms with Gasteiger partial charge in [0.1, 0.15) is 5.82 Å². The number of carbonyl (C=O) groups is 1. The molecule has 0 radical (unpaired) electrons. The maximum atomic E-state index is 13.5. The predicted octanol–water partition coefficient (Wildman–Crippen LogP) is 0.697. The molecule has 2 aliphatic heterocycles. The molecule has 90 valence electrons. The standard InChI is InChI=1S/C12H13FN2O2/c13-9-5-8-6-11(16)17-12(8)10(7-9)15-3-1-14-2-4-15/h5,7,14H,1-4,6H2. The van der Waals surface area contributed by atoms with E-state index in [0.29, 0.717) is 17.0 Å². The van der Waals surface area contributed by atoms with Crippen molar-refractivity contribution in [2.24, 2.45) is 0 Å². The maximum Gasteiger partial charge on any atom is 0.315 e. The molecule has 1 aromatic rings. The van der Waals surface area contributed by atoms with E-state index in [1.807, 2.05) is 0 Å². The molecule has 0 saturated carbocycles. The molecule has 0 atom stereocenters. The van der Waals surface area contributed by atoms with Gasteiger partial charge in [-0.25, -0.2) is 4.39 Å². The molecule has 5 heteroatoms. The second-order valence-electron chi connectivity index (χ2n) is 4.30. The van der Waals surface area contributed by atoms with Gasteiger partial charge in [0, 0.05) is 37.8 Å². The lowest BCUT2D eigenvalue weighted by Crippen LogP contribution is -2.43. The van der Waals surface area contributed by atoms with Gasteiger partial charge < -0.3 is 15.0 Å². The van der Waals surface area contributed by atoms with Crippen LogP contribution in [0.1, 0.15) is 5.56 Å². The number of carbonyl (C=O) groups excluding carboxylic acids is 1. The summed E-state index contributed by atoms with van der Waals surface area (Å²) >= 11 is 0. The Kier molecular flexibility index (Phi) is 2.48. The maximum absolute atomic E-state index is 13.5. The van der Waals surface area contributed by atoms with Crippen LogP contribution in [0.15, 0.2) is 12.1 Å². The van der Waals surface area contributed by atoms with Crippen LogP contribution in [0.5, 0.6) is 5.75 Å². The predicted molar refractivity (Wildman–Crippen MR) is 60.8 cm³/mol. The number of anilines is 1. The first kappa shape index (κ1) is 10.5. The molecule has 1 aromatic carbocycles. The number of hydrogen-bond donors (Lipinski definition) is 1. The molecule has 0 aromatic heterocycles. The molecule has 0 unspecified atom stereocenters. The van der Waals surface area contributed by atoms with Crippen molar-refractivity contribution in [1.82, 2.24) is 5.32 Å². The Morgan fingerprint density at radius 1 is 1.29 bits per heavy atom. The fourth-order valence-electron chi connectivity index (χ4n) is 2.33. The van der Waals surface area contributed by atoms with E-state index in [1.54, 1.807) is 0 Å². The fraction of sp³-hybridized carbons (Fsp3) is 0.417. The highest BCUT2D eigenvalue weighted by Crippen LogP contribution is 2.37. The Hall–Kier alpha value is -1.62. The van der Waals surface area contributed by atoms with Gasteiger partial charge in [-0.15, -0.1) is 0 Å². The molecular formula is C12H13FN2O2. The van der Waals surface area contributed by atoms with Crippen LogP contribution in [0.4, 0.5) is 10.1 Å². The number of piperazine rings is 1. The van der Waals surface area contributed by atoms with Gasteiger partial charge in [0.05, 0.1) is 12.1 Å². The van der Waals surface area contributed by atoms with Crippen molar-refractivity contribution in [3.05, 3.63) is 23.5 Å². The topological polar surface area (TPSA) is 41.6 Å². The molecule has 1 saturated heterocycles. The zero-order chi connectivity index (χ0) is 11.8. The smallest absolute Gasteiger partial charge is 0.315 e. The van der Waals surface area contributed by atoms with Crippen molar-refractivity contribution in [1.29, 1.82) is 0 Å². The van der Waals surface area contributed by atoms with E-state index in [0.717, 1.165) is 26.2 Å². The molecule has 1 fully saturated rings. The van der Waals surface area contributed by atoms with Crippen LogP contribution in [0, 0.1) is 5.82 Å². The molecule has 0 spiro atoms. The molecule has 0 bridgehead atoms. The van der Waals surface area contributed by atoms with Gasteiger partial charge in [-0.2, -0.15) is 0 Å². The van der Waals surface area contributed by atoms with E-state index in [4.69, 9.17) is 4.74 Å². The summed E-state index contributed by atoms with van der Waals surface area (Å²) in [6.07, 6.45) is 0.173. The molecular weight excluding hydrogens is 223 g/mol. The Balaban J connectivity index is 2.01. The minimum absolute atomic E-state index is 0.173. The van der Waals surface area contributed by atoms with Gasteiger partial charge in [-0.1, -0.05) is 0 Å². The van der Waals surface area contributed by atoms with Crippen LogP contribution in [-0.2, 0) is 11.2 Å². The first-order valence-corrected chi connectivity index (χ1v) is 5.73. The second-order valence-corrected chi connectivity index (χ2v) is 4.30. The lowest BCUT2D eigenvalue weighted by molar-refractivity contribution is -0.131. The highest BCUT2D eigenvalue weighted by molar-refractivity contribution is 5.85. The highest BCUT2D eigenvalue weighted by atomic mass is 19.1. The number of halogens is 1. The van der Waals surface area contributed by atoms with E-state index < -0.39 is 0 Å². The van der Waals surface area contributed by atoms with E-state index >= 15 is 0 Å². The fourth-order valence-corrected chi connectivity index (χ4v) is 2.33. The van der Waals surface area contributed by atoms with Crippen molar-refractivity contribution >= 4 is 11.7 Å². The number of benzene rings is 1. The summed E-state index contributed by atoms with van der Waals surface area (Å²) in [5.74, 6) is -0.0733. The minimum atomic E-state index is -0.310. The van der Waals surface area contributed by atoms with E-state index in [1.165, 1.54) is 12.1 Å². The Bertz CT molecular complexity index is 470. The number of esters is 1. The minimum Gasteiger partial charge on any atom is -0.424 e. The molecule has 3 rings (SSSR count). The zero-order valence-corrected chi connectivity index (χ0v) is 9.33. The van der Waals surface area contributed by atoms with Gasteiger partial charge in [0.2, 0.25) is 0 Å². The Morgan fingerprint density at radius 3 is 2.82 bits per heavy atom. The summed E-state index contributed by atoms with van der Waals surface area (Å²) in [6, 6.07) is 2.83. The van der Waals surface area contributed by atoms with Crippen LogP contribution in [0.25, 0.3) is 0 Å². The number of ether oxygens (including phenoxy) is 1. The first-order chi connectivity index (χ1) is 8.24. The number of rotatable bonds is 1. The summed E-state index contributed by atoms with van der Waals surface area (Å²) in [7, 11) is 0. The summed E-state index contributed by atoms with van der Waals surface area (Å²) in [6.45, 7) is 3.32. The van der Waals surface area contributed by atoms with Crippen LogP contribution in [-0.4, -0.2) is 32.1 Å². The van der Waals surface area contributed by atoms with Crippen LogP contribution in [0.2, 0.25) is 0 Å². The highest BCUT2D eigenvalue weighted by Gasteiger charge is 2.27. The molecule has 2 heterocycles. The average Bonchev–Trinajstić information content (AvgIpc) is 2.69. The van der Waals surface area contributed by atoms with Crippen molar-refractivity contribution in [3.63, 3.8) is 0 Å². The molecule has 0 aliphatic carbocycles. The number of fused-ring (bicyclic) bond motifs is 1. The van der Waals surface area contributed by atoms with Gasteiger partial charge in [-0.3, -0.25) is 4.79 Å². The first-order valence-electron chi connectivity index (χ1n) is 5.73. The van der Waals surface area contributed by atoms with Crippen molar-refractivity contribution in [3.8, 4) is 5.75 Å². The van der Waals surface area contributed by atoms with Gasteiger partial charge in [-0.05, 0) is 6.07 Å². The summed E-state index contributed by atoms with van der Waals surface area (Å²) < 4.78 is 18.7. The van der Waals surface area contributed by atoms with E-state index in [9.17, 15) is 9.18 Å². The van der Waals surface area contributed by atoms with Crippen molar-refractivity contribution in [2.45, 2.75) is 6.42 Å².